The van der Waals surface area contributed by atoms with Crippen LogP contribution in [0, 0.1) is 5.82 Å². The number of hydrogen-bond donors (Lipinski definition) is 1. The summed E-state index contributed by atoms with van der Waals surface area (Å²) in [6.45, 7) is 1.87. The van der Waals surface area contributed by atoms with Crippen molar-refractivity contribution < 1.29 is 18.7 Å². The largest absolute Gasteiger partial charge is 0.497 e. The number of benzene rings is 2. The predicted molar refractivity (Wildman–Crippen MR) is 109 cm³/mol. The molecule has 1 N–H and O–H groups in total. The first kappa shape index (κ1) is 20.7. The molecule has 7 nitrogen and oxygen atoms in total. The van der Waals surface area contributed by atoms with Gasteiger partial charge in [-0.3, -0.25) is 4.79 Å². The van der Waals surface area contributed by atoms with Crippen LogP contribution >= 0.6 is 11.8 Å². The van der Waals surface area contributed by atoms with Crippen LogP contribution in [0.4, 0.5) is 10.1 Å². The zero-order valence-corrected chi connectivity index (χ0v) is 17.1. The van der Waals surface area contributed by atoms with E-state index in [0.717, 1.165) is 0 Å². The van der Waals surface area contributed by atoms with E-state index in [1.54, 1.807) is 17.7 Å². The van der Waals surface area contributed by atoms with E-state index < -0.39 is 0 Å². The molecule has 9 heteroatoms. The second-order valence-electron chi connectivity index (χ2n) is 6.18. The van der Waals surface area contributed by atoms with Crippen LogP contribution in [0.5, 0.6) is 11.5 Å². The summed E-state index contributed by atoms with van der Waals surface area (Å²) < 4.78 is 25.9. The van der Waals surface area contributed by atoms with Gasteiger partial charge in [-0.25, -0.2) is 4.39 Å². The van der Waals surface area contributed by atoms with Crippen LogP contribution in [0.15, 0.2) is 53.7 Å². The lowest BCUT2D eigenvalue weighted by Gasteiger charge is -2.14. The number of halogens is 1. The number of thioether (sulfide) groups is 1. The van der Waals surface area contributed by atoms with Gasteiger partial charge in [-0.05, 0) is 43.3 Å². The van der Waals surface area contributed by atoms with Gasteiger partial charge >= 0.3 is 0 Å². The summed E-state index contributed by atoms with van der Waals surface area (Å²) >= 11 is 1.26. The third kappa shape index (κ3) is 5.47. The molecule has 0 aliphatic rings. The van der Waals surface area contributed by atoms with Gasteiger partial charge in [0.2, 0.25) is 5.91 Å². The molecule has 0 fully saturated rings. The Labute approximate surface area is 172 Å². The molecule has 0 saturated carbocycles. The molecule has 1 heterocycles. The summed E-state index contributed by atoms with van der Waals surface area (Å²) in [6, 6.07) is 12.9. The molecule has 1 unspecified atom stereocenters. The smallest absolute Gasteiger partial charge is 0.234 e. The number of nitrogens with zero attached hydrogens (tertiary/aromatic N) is 3. The number of ether oxygens (including phenoxy) is 2. The molecule has 0 saturated heterocycles. The lowest BCUT2D eigenvalue weighted by Crippen LogP contribution is -2.14. The average Bonchev–Trinajstić information content (AvgIpc) is 3.09. The van der Waals surface area contributed by atoms with Crippen molar-refractivity contribution in [2.75, 3.05) is 18.2 Å². The Morgan fingerprint density at radius 1 is 1.21 bits per heavy atom. The highest BCUT2D eigenvalue weighted by Crippen LogP contribution is 2.26. The second-order valence-corrected chi connectivity index (χ2v) is 7.13. The summed E-state index contributed by atoms with van der Waals surface area (Å²) in [6.07, 6.45) is -0.345. The van der Waals surface area contributed by atoms with E-state index in [1.807, 2.05) is 32.2 Å². The Kier molecular flexibility index (Phi) is 6.71. The number of hydrogen-bond acceptors (Lipinski definition) is 6. The minimum absolute atomic E-state index is 0.147. The number of aromatic nitrogens is 3. The zero-order valence-electron chi connectivity index (χ0n) is 16.3. The number of nitrogens with one attached hydrogen (secondary N) is 1. The van der Waals surface area contributed by atoms with Crippen molar-refractivity contribution in [1.82, 2.24) is 14.8 Å². The van der Waals surface area contributed by atoms with E-state index in [4.69, 9.17) is 9.47 Å². The van der Waals surface area contributed by atoms with E-state index in [1.165, 1.54) is 36.0 Å². The van der Waals surface area contributed by atoms with Gasteiger partial charge in [-0.1, -0.05) is 17.8 Å². The summed E-state index contributed by atoms with van der Waals surface area (Å²) in [5.41, 5.74) is 0.538. The molecule has 0 radical (unpaired) electrons. The normalized spacial score (nSPS) is 11.7. The van der Waals surface area contributed by atoms with Crippen molar-refractivity contribution in [3.8, 4) is 11.5 Å². The van der Waals surface area contributed by atoms with E-state index >= 15 is 0 Å². The van der Waals surface area contributed by atoms with Crippen LogP contribution in [0.2, 0.25) is 0 Å². The maximum absolute atomic E-state index is 12.9. The summed E-state index contributed by atoms with van der Waals surface area (Å²) in [7, 11) is 3.42. The number of anilines is 1. The summed E-state index contributed by atoms with van der Waals surface area (Å²) in [5.74, 6) is 1.58. The Balaban J connectivity index is 1.58. The third-order valence-electron chi connectivity index (χ3n) is 4.05. The topological polar surface area (TPSA) is 78.3 Å². The predicted octanol–water partition coefficient (Wildman–Crippen LogP) is 3.83. The van der Waals surface area contributed by atoms with E-state index in [0.29, 0.717) is 28.2 Å². The molecule has 0 aliphatic heterocycles. The fraction of sp³-hybridized carbons (Fsp3) is 0.250. The quantitative estimate of drug-likeness (QED) is 0.562. The molecule has 1 aromatic heterocycles. The SMILES string of the molecule is COc1cccc(OC(C)c2nnc(SCC(=O)Nc3ccc(F)cc3)n2C)c1. The van der Waals surface area contributed by atoms with Gasteiger partial charge in [-0.2, -0.15) is 0 Å². The van der Waals surface area contributed by atoms with Gasteiger partial charge in [0.15, 0.2) is 17.1 Å². The molecule has 2 aromatic carbocycles. The van der Waals surface area contributed by atoms with Crippen LogP contribution in [0.1, 0.15) is 18.9 Å². The molecule has 1 amide bonds. The first-order valence-electron chi connectivity index (χ1n) is 8.84. The highest BCUT2D eigenvalue weighted by molar-refractivity contribution is 7.99. The van der Waals surface area contributed by atoms with Crippen molar-refractivity contribution in [3.63, 3.8) is 0 Å². The number of methoxy groups -OCH3 is 1. The molecular formula is C20H21FN4O3S. The lowest BCUT2D eigenvalue weighted by molar-refractivity contribution is -0.113. The molecule has 29 heavy (non-hydrogen) atoms. The highest BCUT2D eigenvalue weighted by atomic mass is 32.2. The molecule has 3 aromatic rings. The van der Waals surface area contributed by atoms with Crippen LogP contribution in [0.3, 0.4) is 0 Å². The van der Waals surface area contributed by atoms with Crippen molar-refractivity contribution in [2.45, 2.75) is 18.2 Å². The van der Waals surface area contributed by atoms with Crippen molar-refractivity contribution in [1.29, 1.82) is 0 Å². The Hall–Kier alpha value is -3.07. The number of carbonyl (C=O) groups is 1. The van der Waals surface area contributed by atoms with Gasteiger partial charge in [0.1, 0.15) is 17.3 Å². The standard InChI is InChI=1S/C20H21FN4O3S/c1-13(28-17-6-4-5-16(11-17)27-3)19-23-24-20(25(19)2)29-12-18(26)22-15-9-7-14(21)8-10-15/h4-11,13H,12H2,1-3H3,(H,22,26). The zero-order chi connectivity index (χ0) is 20.8. The highest BCUT2D eigenvalue weighted by Gasteiger charge is 2.18. The molecule has 0 bridgehead atoms. The minimum atomic E-state index is -0.353. The molecule has 152 valence electrons. The van der Waals surface area contributed by atoms with Gasteiger partial charge < -0.3 is 19.4 Å². The monoisotopic (exact) mass is 416 g/mol. The first-order valence-corrected chi connectivity index (χ1v) is 9.83. The first-order chi connectivity index (χ1) is 14.0. The number of carbonyl (C=O) groups excluding carboxylic acids is 1. The van der Waals surface area contributed by atoms with Gasteiger partial charge in [-0.15, -0.1) is 10.2 Å². The van der Waals surface area contributed by atoms with E-state index in [2.05, 4.69) is 15.5 Å². The van der Waals surface area contributed by atoms with Crippen LogP contribution in [0.25, 0.3) is 0 Å². The maximum Gasteiger partial charge on any atom is 0.234 e. The van der Waals surface area contributed by atoms with Gasteiger partial charge in [0.25, 0.3) is 0 Å². The van der Waals surface area contributed by atoms with Gasteiger partial charge in [0.05, 0.1) is 12.9 Å². The molecular weight excluding hydrogens is 395 g/mol. The molecule has 3 rings (SSSR count). The Morgan fingerprint density at radius 3 is 2.66 bits per heavy atom. The van der Waals surface area contributed by atoms with E-state index in [-0.39, 0.29) is 23.6 Å². The fourth-order valence-electron chi connectivity index (χ4n) is 2.60. The molecule has 0 spiro atoms. The maximum atomic E-state index is 12.9. The summed E-state index contributed by atoms with van der Waals surface area (Å²) in [5, 5.41) is 11.6. The fourth-order valence-corrected chi connectivity index (χ4v) is 3.32. The van der Waals surface area contributed by atoms with Crippen LogP contribution < -0.4 is 14.8 Å². The number of amides is 1. The van der Waals surface area contributed by atoms with Gasteiger partial charge in [0, 0.05) is 18.8 Å². The van der Waals surface area contributed by atoms with E-state index in [9.17, 15) is 9.18 Å². The number of rotatable bonds is 8. The lowest BCUT2D eigenvalue weighted by atomic mass is 10.3. The Morgan fingerprint density at radius 2 is 1.93 bits per heavy atom. The van der Waals surface area contributed by atoms with Crippen molar-refractivity contribution in [3.05, 3.63) is 60.2 Å². The summed E-state index contributed by atoms with van der Waals surface area (Å²) in [4.78, 5) is 12.1. The Bertz CT molecular complexity index is 978. The minimum Gasteiger partial charge on any atom is -0.497 e. The van der Waals surface area contributed by atoms with Crippen molar-refractivity contribution in [2.24, 2.45) is 7.05 Å². The van der Waals surface area contributed by atoms with Crippen LogP contribution in [-0.4, -0.2) is 33.5 Å². The average molecular weight is 416 g/mol. The molecule has 1 atom stereocenters. The third-order valence-corrected chi connectivity index (χ3v) is 5.07. The second kappa shape index (κ2) is 9.42. The van der Waals surface area contributed by atoms with Crippen LogP contribution in [-0.2, 0) is 11.8 Å². The molecule has 0 aliphatic carbocycles. The van der Waals surface area contributed by atoms with Crippen molar-refractivity contribution >= 4 is 23.4 Å².